The van der Waals surface area contributed by atoms with E-state index in [0.29, 0.717) is 29.4 Å². The van der Waals surface area contributed by atoms with Crippen LogP contribution in [-0.4, -0.2) is 36.7 Å². The second kappa shape index (κ2) is 10.9. The summed E-state index contributed by atoms with van der Waals surface area (Å²) in [7, 11) is 1.52. The number of rotatable bonds is 9. The predicted octanol–water partition coefficient (Wildman–Crippen LogP) is 3.89. The minimum absolute atomic E-state index is 0.147. The summed E-state index contributed by atoms with van der Waals surface area (Å²) in [5.41, 5.74) is 1.03. The smallest absolute Gasteiger partial charge is 0.331 e. The molecular weight excluding hydrogens is 396 g/mol. The Labute approximate surface area is 173 Å². The van der Waals surface area contributed by atoms with E-state index >= 15 is 0 Å². The molecule has 152 valence electrons. The summed E-state index contributed by atoms with van der Waals surface area (Å²) in [6.07, 6.45) is 4.87. The molecule has 0 aliphatic carbocycles. The van der Waals surface area contributed by atoms with E-state index < -0.39 is 18.0 Å². The lowest BCUT2D eigenvalue weighted by atomic mass is 10.2. The Morgan fingerprint density at radius 3 is 2.79 bits per heavy atom. The topological polar surface area (TPSA) is 86.8 Å². The van der Waals surface area contributed by atoms with Crippen LogP contribution in [0.4, 0.5) is 5.69 Å². The molecule has 1 N–H and O–H groups in total. The highest BCUT2D eigenvalue weighted by Gasteiger charge is 2.18. The van der Waals surface area contributed by atoms with Gasteiger partial charge in [-0.15, -0.1) is 0 Å². The first-order chi connectivity index (χ1) is 13.9. The largest absolute Gasteiger partial charge is 0.493 e. The van der Waals surface area contributed by atoms with Gasteiger partial charge in [-0.2, -0.15) is 0 Å². The maximum atomic E-state index is 12.1. The maximum Gasteiger partial charge on any atom is 0.331 e. The zero-order valence-corrected chi connectivity index (χ0v) is 16.8. The average Bonchev–Trinajstić information content (AvgIpc) is 2.72. The monoisotopic (exact) mass is 416 g/mol. The summed E-state index contributed by atoms with van der Waals surface area (Å²) in [4.78, 5) is 28.0. The number of anilines is 1. The van der Waals surface area contributed by atoms with Crippen LogP contribution in [0.1, 0.15) is 12.5 Å². The van der Waals surface area contributed by atoms with Gasteiger partial charge in [-0.3, -0.25) is 4.79 Å². The van der Waals surface area contributed by atoms with E-state index in [1.54, 1.807) is 42.5 Å². The maximum absolute atomic E-state index is 12.1. The summed E-state index contributed by atoms with van der Waals surface area (Å²) in [5, 5.41) is 2.70. The number of aromatic nitrogens is 1. The highest BCUT2D eigenvalue weighted by Crippen LogP contribution is 2.28. The molecule has 0 saturated carbocycles. The van der Waals surface area contributed by atoms with E-state index in [0.717, 1.165) is 0 Å². The molecule has 8 heteroatoms. The molecule has 0 radical (unpaired) electrons. The number of nitrogens with zero attached hydrogens (tertiary/aromatic N) is 1. The first kappa shape index (κ1) is 22.0. The molecule has 0 fully saturated rings. The van der Waals surface area contributed by atoms with Crippen LogP contribution in [-0.2, 0) is 14.3 Å². The van der Waals surface area contributed by atoms with E-state index in [4.69, 9.17) is 25.8 Å². The number of nitrogens with one attached hydrogen (secondary N) is 1. The molecule has 1 atom stereocenters. The van der Waals surface area contributed by atoms with E-state index in [1.807, 2.05) is 0 Å². The fraction of sp³-hybridized carbons (Fsp3) is 0.190. The van der Waals surface area contributed by atoms with Crippen molar-refractivity contribution in [3.63, 3.8) is 0 Å². The number of amides is 1. The average molecular weight is 417 g/mol. The lowest BCUT2D eigenvalue weighted by molar-refractivity contribution is -0.148. The van der Waals surface area contributed by atoms with Crippen molar-refractivity contribution in [2.75, 3.05) is 19.0 Å². The fourth-order valence-corrected chi connectivity index (χ4v) is 2.37. The SMILES string of the molecule is C=CCOc1ccc(/C=C/C(=O)O[C@H](C)C(=O)Nc2cccnc2Cl)cc1OC. The van der Waals surface area contributed by atoms with Gasteiger partial charge in [0.2, 0.25) is 0 Å². The molecule has 1 heterocycles. The third-order valence-electron chi connectivity index (χ3n) is 3.64. The van der Waals surface area contributed by atoms with Crippen LogP contribution in [0.3, 0.4) is 0 Å². The lowest BCUT2D eigenvalue weighted by Crippen LogP contribution is -2.29. The Balaban J connectivity index is 1.95. The number of hydrogen-bond donors (Lipinski definition) is 1. The van der Waals surface area contributed by atoms with Gasteiger partial charge in [0.15, 0.2) is 22.8 Å². The van der Waals surface area contributed by atoms with Crippen LogP contribution in [0, 0.1) is 0 Å². The molecule has 0 bridgehead atoms. The number of carbonyl (C=O) groups excluding carboxylic acids is 2. The van der Waals surface area contributed by atoms with Gasteiger partial charge >= 0.3 is 5.97 Å². The van der Waals surface area contributed by atoms with Crippen molar-refractivity contribution < 1.29 is 23.8 Å². The summed E-state index contributed by atoms with van der Waals surface area (Å²) in [6.45, 7) is 5.40. The second-order valence-corrected chi connectivity index (χ2v) is 6.11. The van der Waals surface area contributed by atoms with Gasteiger partial charge < -0.3 is 19.5 Å². The van der Waals surface area contributed by atoms with Crippen LogP contribution >= 0.6 is 11.6 Å². The molecule has 0 aliphatic heterocycles. The second-order valence-electron chi connectivity index (χ2n) is 5.75. The lowest BCUT2D eigenvalue weighted by Gasteiger charge is -2.13. The van der Waals surface area contributed by atoms with E-state index in [2.05, 4.69) is 16.9 Å². The van der Waals surface area contributed by atoms with Gasteiger partial charge in [0, 0.05) is 12.3 Å². The Bertz CT molecular complexity index is 914. The minimum atomic E-state index is -1.02. The third-order valence-corrected chi connectivity index (χ3v) is 3.94. The number of hydrogen-bond acceptors (Lipinski definition) is 6. The fourth-order valence-electron chi connectivity index (χ4n) is 2.20. The van der Waals surface area contributed by atoms with Crippen molar-refractivity contribution in [2.24, 2.45) is 0 Å². The van der Waals surface area contributed by atoms with Crippen molar-refractivity contribution in [2.45, 2.75) is 13.0 Å². The molecule has 1 amide bonds. The number of halogens is 1. The molecule has 2 aromatic rings. The van der Waals surface area contributed by atoms with Gasteiger partial charge in [-0.1, -0.05) is 30.3 Å². The number of esters is 1. The van der Waals surface area contributed by atoms with E-state index in [-0.39, 0.29) is 5.15 Å². The van der Waals surface area contributed by atoms with Gasteiger partial charge in [-0.05, 0) is 42.8 Å². The van der Waals surface area contributed by atoms with Gasteiger partial charge in [-0.25, -0.2) is 9.78 Å². The highest BCUT2D eigenvalue weighted by molar-refractivity contribution is 6.32. The Morgan fingerprint density at radius 2 is 2.10 bits per heavy atom. The number of methoxy groups -OCH3 is 1. The van der Waals surface area contributed by atoms with Crippen LogP contribution in [0.5, 0.6) is 11.5 Å². The van der Waals surface area contributed by atoms with Gasteiger partial charge in [0.05, 0.1) is 12.8 Å². The summed E-state index contributed by atoms with van der Waals surface area (Å²) in [5.74, 6) is -0.113. The zero-order valence-electron chi connectivity index (χ0n) is 16.1. The van der Waals surface area contributed by atoms with Crippen LogP contribution < -0.4 is 14.8 Å². The third kappa shape index (κ3) is 6.65. The zero-order chi connectivity index (χ0) is 21.2. The normalized spacial score (nSPS) is 11.6. The summed E-state index contributed by atoms with van der Waals surface area (Å²) in [6, 6.07) is 8.41. The number of benzene rings is 1. The van der Waals surface area contributed by atoms with E-state index in [9.17, 15) is 9.59 Å². The first-order valence-corrected chi connectivity index (χ1v) is 9.04. The Hall–Kier alpha value is -3.32. The molecule has 29 heavy (non-hydrogen) atoms. The van der Waals surface area contributed by atoms with Crippen LogP contribution in [0.25, 0.3) is 6.08 Å². The van der Waals surface area contributed by atoms with Gasteiger partial charge in [0.1, 0.15) is 6.61 Å². The molecule has 0 aliphatic rings. The van der Waals surface area contributed by atoms with Crippen LogP contribution in [0.15, 0.2) is 55.3 Å². The number of pyridine rings is 1. The molecular formula is C21H21ClN2O5. The molecule has 0 saturated heterocycles. The van der Waals surface area contributed by atoms with Crippen LogP contribution in [0.2, 0.25) is 5.15 Å². The minimum Gasteiger partial charge on any atom is -0.493 e. The molecule has 1 aromatic carbocycles. The van der Waals surface area contributed by atoms with Crippen molar-refractivity contribution in [1.29, 1.82) is 0 Å². The quantitative estimate of drug-likeness (QED) is 0.289. The Morgan fingerprint density at radius 1 is 1.31 bits per heavy atom. The first-order valence-electron chi connectivity index (χ1n) is 8.66. The predicted molar refractivity (Wildman–Crippen MR) is 111 cm³/mol. The highest BCUT2D eigenvalue weighted by atomic mass is 35.5. The van der Waals surface area contributed by atoms with Crippen molar-refractivity contribution >= 4 is 35.2 Å². The van der Waals surface area contributed by atoms with Crippen molar-refractivity contribution in [3.05, 3.63) is 66.0 Å². The summed E-state index contributed by atoms with van der Waals surface area (Å²) < 4.78 is 15.9. The summed E-state index contributed by atoms with van der Waals surface area (Å²) >= 11 is 5.89. The molecule has 0 unspecified atom stereocenters. The molecule has 1 aromatic heterocycles. The molecule has 7 nitrogen and oxygen atoms in total. The number of ether oxygens (including phenoxy) is 3. The standard InChI is InChI=1S/C21H21ClN2O5/c1-4-12-28-17-9-7-15(13-18(17)27-3)8-10-19(25)29-14(2)21(26)24-16-6-5-11-23-20(16)22/h4-11,13-14H,1,12H2,2-3H3,(H,24,26)/b10-8+/t14-/m1/s1. The molecule has 2 rings (SSSR count). The van der Waals surface area contributed by atoms with E-state index in [1.165, 1.54) is 26.3 Å². The number of carbonyl (C=O) groups is 2. The molecule has 0 spiro atoms. The van der Waals surface area contributed by atoms with Crippen molar-refractivity contribution in [1.82, 2.24) is 4.98 Å². The van der Waals surface area contributed by atoms with Gasteiger partial charge in [0.25, 0.3) is 5.91 Å². The van der Waals surface area contributed by atoms with Crippen molar-refractivity contribution in [3.8, 4) is 11.5 Å². The Kier molecular flexibility index (Phi) is 8.24.